The van der Waals surface area contributed by atoms with Crippen LogP contribution in [0.5, 0.6) is 0 Å². The van der Waals surface area contributed by atoms with Crippen molar-refractivity contribution < 1.29 is 0 Å². The van der Waals surface area contributed by atoms with Gasteiger partial charge >= 0.3 is 0 Å². The maximum absolute atomic E-state index is 2.55. The van der Waals surface area contributed by atoms with Crippen LogP contribution in [0, 0.1) is 13.8 Å². The molecule has 10 aromatic rings. The fourth-order valence-corrected chi connectivity index (χ4v) is 9.68. The summed E-state index contributed by atoms with van der Waals surface area (Å²) in [4.78, 5) is 0. The Morgan fingerprint density at radius 2 is 0.925 bits per heavy atom. The fourth-order valence-electron chi connectivity index (χ4n) is 9.68. The fraction of sp³-hybridized carbons (Fsp3) is 0.192. The van der Waals surface area contributed by atoms with E-state index in [0.717, 1.165) is 0 Å². The molecule has 0 aliphatic carbocycles. The minimum Gasteiger partial charge on any atom is -0.313 e. The van der Waals surface area contributed by atoms with Gasteiger partial charge in [-0.05, 0) is 142 Å². The molecule has 0 saturated carbocycles. The van der Waals surface area contributed by atoms with Crippen LogP contribution < -0.4 is 0 Å². The number of benzene rings is 9. The van der Waals surface area contributed by atoms with Crippen molar-refractivity contribution in [1.29, 1.82) is 0 Å². The molecule has 0 unspecified atom stereocenters. The van der Waals surface area contributed by atoms with Crippen molar-refractivity contribution in [2.24, 2.45) is 0 Å². The second-order valence-electron chi connectivity index (χ2n) is 17.5. The Labute approximate surface area is 311 Å². The Morgan fingerprint density at radius 3 is 1.66 bits per heavy atom. The van der Waals surface area contributed by atoms with Crippen molar-refractivity contribution in [2.75, 3.05) is 0 Å². The van der Waals surface area contributed by atoms with Gasteiger partial charge in [-0.25, -0.2) is 0 Å². The summed E-state index contributed by atoms with van der Waals surface area (Å²) in [6, 6.07) is 48.4. The molecule has 1 aromatic heterocycles. The number of hydrogen-bond donors (Lipinski definition) is 0. The third-order valence-corrected chi connectivity index (χ3v) is 12.1. The van der Waals surface area contributed by atoms with E-state index in [9.17, 15) is 0 Å². The largest absolute Gasteiger partial charge is 0.313 e. The number of aryl methyl sites for hydroxylation is 1. The van der Waals surface area contributed by atoms with Crippen LogP contribution in [0.15, 0.2) is 127 Å². The Morgan fingerprint density at radius 1 is 0.396 bits per heavy atom. The Hall–Kier alpha value is -5.66. The summed E-state index contributed by atoms with van der Waals surface area (Å²) in [5.41, 5.74) is 10.4. The maximum atomic E-state index is 2.55. The topological polar surface area (TPSA) is 4.93 Å². The second-order valence-corrected chi connectivity index (χ2v) is 17.5. The summed E-state index contributed by atoms with van der Waals surface area (Å²) in [6.07, 6.45) is 0. The van der Waals surface area contributed by atoms with E-state index in [0.29, 0.717) is 0 Å². The minimum absolute atomic E-state index is 0.0831. The molecule has 10 rings (SSSR count). The highest BCUT2D eigenvalue weighted by atomic mass is 15.0. The van der Waals surface area contributed by atoms with Gasteiger partial charge in [0.1, 0.15) is 0 Å². The van der Waals surface area contributed by atoms with E-state index in [1.165, 1.54) is 115 Å². The molecule has 0 aliphatic heterocycles. The molecular weight excluding hydrogens is 639 g/mol. The predicted octanol–water partition coefficient (Wildman–Crippen LogP) is 14.9. The van der Waals surface area contributed by atoms with E-state index in [4.69, 9.17) is 0 Å². The lowest BCUT2D eigenvalue weighted by atomic mass is 9.73. The Balaban J connectivity index is 1.31. The Bertz CT molecular complexity index is 3120. The summed E-state index contributed by atoms with van der Waals surface area (Å²) in [7, 11) is 0. The van der Waals surface area contributed by atoms with Gasteiger partial charge in [-0.2, -0.15) is 0 Å². The van der Waals surface area contributed by atoms with Crippen molar-refractivity contribution in [3.63, 3.8) is 0 Å². The molecule has 1 heteroatoms. The zero-order valence-corrected chi connectivity index (χ0v) is 32.1. The predicted molar refractivity (Wildman–Crippen MR) is 232 cm³/mol. The van der Waals surface area contributed by atoms with Gasteiger partial charge in [0.15, 0.2) is 0 Å². The molecule has 0 fully saturated rings. The lowest BCUT2D eigenvalue weighted by molar-refractivity contribution is 0.593. The third kappa shape index (κ3) is 4.63. The maximum Gasteiger partial charge on any atom is 0.0540 e. The standard InChI is InChI=1S/C52H45N/c1-30-31(2)53(45-25-22-35-18-17-33-14-11-15-34-20-24-40(45)48(35)47(33)34)46-29-44-43(28-41(30)46)50(52(6,7)8)42-27-38(21-23-39(42)49(44)51(3,4)5)37-19-16-32-12-9-10-13-36(32)26-37/h9-29H,1-8H3. The van der Waals surface area contributed by atoms with Crippen molar-refractivity contribution in [2.45, 2.75) is 66.2 Å². The van der Waals surface area contributed by atoms with Crippen LogP contribution in [0.3, 0.4) is 0 Å². The molecular formula is C52H45N. The first-order valence-electron chi connectivity index (χ1n) is 19.1. The van der Waals surface area contributed by atoms with E-state index >= 15 is 0 Å². The molecule has 258 valence electrons. The highest BCUT2D eigenvalue weighted by molar-refractivity contribution is 6.25. The molecule has 0 bridgehead atoms. The van der Waals surface area contributed by atoms with Crippen molar-refractivity contribution >= 4 is 75.5 Å². The molecule has 0 spiro atoms. The number of nitrogens with zero attached hydrogens (tertiary/aromatic N) is 1. The first-order valence-corrected chi connectivity index (χ1v) is 19.1. The van der Waals surface area contributed by atoms with E-state index in [1.807, 2.05) is 0 Å². The van der Waals surface area contributed by atoms with Crippen LogP contribution >= 0.6 is 0 Å². The molecule has 0 N–H and O–H groups in total. The normalized spacial score (nSPS) is 12.9. The van der Waals surface area contributed by atoms with Gasteiger partial charge in [-0.3, -0.25) is 0 Å². The van der Waals surface area contributed by atoms with Gasteiger partial charge in [-0.1, -0.05) is 139 Å². The van der Waals surface area contributed by atoms with E-state index in [-0.39, 0.29) is 10.8 Å². The van der Waals surface area contributed by atoms with E-state index < -0.39 is 0 Å². The number of hydrogen-bond acceptors (Lipinski definition) is 0. The third-order valence-electron chi connectivity index (χ3n) is 12.1. The number of aromatic nitrogens is 1. The lowest BCUT2D eigenvalue weighted by Crippen LogP contribution is -2.17. The van der Waals surface area contributed by atoms with Crippen molar-refractivity contribution in [3.05, 3.63) is 150 Å². The van der Waals surface area contributed by atoms with Crippen LogP contribution in [0.4, 0.5) is 0 Å². The molecule has 1 heterocycles. The number of rotatable bonds is 2. The molecule has 0 aliphatic rings. The van der Waals surface area contributed by atoms with Gasteiger partial charge in [0.05, 0.1) is 11.2 Å². The Kier molecular flexibility index (Phi) is 6.61. The van der Waals surface area contributed by atoms with Gasteiger partial charge in [0.25, 0.3) is 0 Å². The SMILES string of the molecule is Cc1c(C)n(-c2ccc3ccc4cccc5ccc2c3c45)c2cc3c(C(C)(C)C)c4ccc(-c5ccc6ccccc6c5)cc4c(C(C)(C)C)c3cc12. The monoisotopic (exact) mass is 683 g/mol. The summed E-state index contributed by atoms with van der Waals surface area (Å²) in [5.74, 6) is 0. The molecule has 0 atom stereocenters. The van der Waals surface area contributed by atoms with Crippen LogP contribution in [-0.2, 0) is 10.8 Å². The zero-order valence-electron chi connectivity index (χ0n) is 32.1. The highest BCUT2D eigenvalue weighted by Crippen LogP contribution is 2.47. The van der Waals surface area contributed by atoms with E-state index in [2.05, 4.69) is 187 Å². The number of fused-ring (bicyclic) bond motifs is 4. The zero-order chi connectivity index (χ0) is 36.6. The molecule has 0 radical (unpaired) electrons. The van der Waals surface area contributed by atoms with E-state index in [1.54, 1.807) is 0 Å². The minimum atomic E-state index is -0.0838. The van der Waals surface area contributed by atoms with Gasteiger partial charge in [0.2, 0.25) is 0 Å². The first-order chi connectivity index (χ1) is 25.4. The van der Waals surface area contributed by atoms with Crippen LogP contribution in [0.25, 0.3) is 92.4 Å². The van der Waals surface area contributed by atoms with Crippen molar-refractivity contribution in [1.82, 2.24) is 4.57 Å². The van der Waals surface area contributed by atoms with Gasteiger partial charge < -0.3 is 4.57 Å². The summed E-state index contributed by atoms with van der Waals surface area (Å²) < 4.78 is 2.55. The summed E-state index contributed by atoms with van der Waals surface area (Å²) in [6.45, 7) is 18.9. The highest BCUT2D eigenvalue weighted by Gasteiger charge is 2.29. The van der Waals surface area contributed by atoms with Crippen LogP contribution in [0.1, 0.15) is 63.9 Å². The quantitative estimate of drug-likeness (QED) is 0.126. The first kappa shape index (κ1) is 32.0. The average molecular weight is 684 g/mol. The lowest BCUT2D eigenvalue weighted by Gasteiger charge is -2.31. The molecule has 0 saturated heterocycles. The van der Waals surface area contributed by atoms with Gasteiger partial charge in [0, 0.05) is 16.5 Å². The smallest absolute Gasteiger partial charge is 0.0540 e. The van der Waals surface area contributed by atoms with Crippen LogP contribution in [-0.4, -0.2) is 4.57 Å². The molecule has 53 heavy (non-hydrogen) atoms. The summed E-state index contributed by atoms with van der Waals surface area (Å²) in [5, 5.41) is 17.2. The molecule has 0 amide bonds. The average Bonchev–Trinajstić information content (AvgIpc) is 3.37. The molecule has 1 nitrogen and oxygen atoms in total. The molecule has 9 aromatic carbocycles. The van der Waals surface area contributed by atoms with Crippen molar-refractivity contribution in [3.8, 4) is 16.8 Å². The van der Waals surface area contributed by atoms with Crippen LogP contribution in [0.2, 0.25) is 0 Å². The second kappa shape index (κ2) is 10.9. The summed E-state index contributed by atoms with van der Waals surface area (Å²) >= 11 is 0. The van der Waals surface area contributed by atoms with Gasteiger partial charge in [-0.15, -0.1) is 0 Å².